The summed E-state index contributed by atoms with van der Waals surface area (Å²) in [6.45, 7) is 7.23. The fourth-order valence-electron chi connectivity index (χ4n) is 1.84. The van der Waals surface area contributed by atoms with Crippen molar-refractivity contribution in [1.29, 1.82) is 0 Å². The van der Waals surface area contributed by atoms with Gasteiger partial charge in [-0.2, -0.15) is 0 Å². The Bertz CT molecular complexity index is 295. The molecule has 0 amide bonds. The van der Waals surface area contributed by atoms with Crippen LogP contribution in [0.15, 0.2) is 11.6 Å². The van der Waals surface area contributed by atoms with Crippen LogP contribution >= 0.6 is 0 Å². The van der Waals surface area contributed by atoms with Crippen LogP contribution in [0.2, 0.25) is 0 Å². The maximum atomic E-state index is 11.3. The Kier molecular flexibility index (Phi) is 5.93. The lowest BCUT2D eigenvalue weighted by Crippen LogP contribution is -2.43. The number of rotatable bonds is 7. The zero-order valence-electron chi connectivity index (χ0n) is 11.0. The van der Waals surface area contributed by atoms with E-state index in [0.717, 1.165) is 18.4 Å². The first-order chi connectivity index (χ1) is 7.82. The second kappa shape index (κ2) is 6.42. The number of hydrogen-bond donors (Lipinski definition) is 2. The minimum Gasteiger partial charge on any atom is -0.480 e. The largest absolute Gasteiger partial charge is 0.480 e. The van der Waals surface area contributed by atoms with Gasteiger partial charge in [0, 0.05) is 0 Å². The monoisotopic (exact) mass is 242 g/mol. The van der Waals surface area contributed by atoms with Crippen molar-refractivity contribution in [3.63, 3.8) is 0 Å². The predicted molar refractivity (Wildman–Crippen MR) is 65.8 cm³/mol. The van der Waals surface area contributed by atoms with Crippen molar-refractivity contribution < 1.29 is 19.8 Å². The highest BCUT2D eigenvalue weighted by Gasteiger charge is 2.48. The lowest BCUT2D eigenvalue weighted by atomic mass is 9.74. The molecule has 0 unspecified atom stereocenters. The third-order valence-electron chi connectivity index (χ3n) is 3.37. The molecule has 0 atom stereocenters. The van der Waals surface area contributed by atoms with Crippen LogP contribution < -0.4 is 0 Å². The second-order valence-electron chi connectivity index (χ2n) is 4.51. The van der Waals surface area contributed by atoms with Crippen molar-refractivity contribution in [2.75, 3.05) is 0 Å². The Morgan fingerprint density at radius 1 is 1.12 bits per heavy atom. The lowest BCUT2D eigenvalue weighted by molar-refractivity contribution is -0.168. The third-order valence-corrected chi connectivity index (χ3v) is 3.37. The van der Waals surface area contributed by atoms with Gasteiger partial charge in [-0.05, 0) is 25.2 Å². The molecule has 0 saturated heterocycles. The molecule has 0 bridgehead atoms. The minimum absolute atomic E-state index is 0.0480. The molecule has 2 N–H and O–H groups in total. The summed E-state index contributed by atoms with van der Waals surface area (Å²) in [5, 5.41) is 18.4. The minimum atomic E-state index is -1.71. The quantitative estimate of drug-likeness (QED) is 0.531. The molecule has 4 heteroatoms. The fourth-order valence-corrected chi connectivity index (χ4v) is 1.84. The van der Waals surface area contributed by atoms with E-state index in [-0.39, 0.29) is 6.42 Å². The Morgan fingerprint density at radius 3 is 1.76 bits per heavy atom. The van der Waals surface area contributed by atoms with Crippen molar-refractivity contribution >= 4 is 11.9 Å². The van der Waals surface area contributed by atoms with Gasteiger partial charge in [-0.3, -0.25) is 9.59 Å². The highest BCUT2D eigenvalue weighted by molar-refractivity contribution is 5.98. The van der Waals surface area contributed by atoms with Gasteiger partial charge in [0.2, 0.25) is 0 Å². The summed E-state index contributed by atoms with van der Waals surface area (Å²) in [6, 6.07) is 0. The first-order valence-electron chi connectivity index (χ1n) is 5.97. The summed E-state index contributed by atoms with van der Waals surface area (Å²) in [4.78, 5) is 22.6. The van der Waals surface area contributed by atoms with E-state index in [9.17, 15) is 19.8 Å². The molecule has 0 aliphatic heterocycles. The Hall–Kier alpha value is -1.32. The van der Waals surface area contributed by atoms with Crippen molar-refractivity contribution in [3.8, 4) is 0 Å². The van der Waals surface area contributed by atoms with Crippen LogP contribution in [0, 0.1) is 11.3 Å². The topological polar surface area (TPSA) is 74.6 Å². The van der Waals surface area contributed by atoms with E-state index in [1.165, 1.54) is 0 Å². The summed E-state index contributed by atoms with van der Waals surface area (Å²) in [5.41, 5.74) is -0.618. The Morgan fingerprint density at radius 2 is 1.53 bits per heavy atom. The summed E-state index contributed by atoms with van der Waals surface area (Å²) in [7, 11) is 0. The molecule has 0 aliphatic carbocycles. The maximum Gasteiger partial charge on any atom is 0.321 e. The maximum absolute atomic E-state index is 11.3. The number of carbonyl (C=O) groups is 2. The predicted octanol–water partition coefficient (Wildman–Crippen LogP) is 2.93. The summed E-state index contributed by atoms with van der Waals surface area (Å²) >= 11 is 0. The highest BCUT2D eigenvalue weighted by atomic mass is 16.4. The molecule has 0 aromatic heterocycles. The van der Waals surface area contributed by atoms with Crippen LogP contribution in [-0.4, -0.2) is 22.2 Å². The zero-order valence-corrected chi connectivity index (χ0v) is 11.0. The third kappa shape index (κ3) is 3.32. The molecular formula is C13H22O4. The van der Waals surface area contributed by atoms with Gasteiger partial charge in [-0.15, -0.1) is 0 Å². The van der Waals surface area contributed by atoms with Crippen molar-refractivity contribution in [1.82, 2.24) is 0 Å². The number of carboxylic acid groups (broad SMARTS) is 2. The second-order valence-corrected chi connectivity index (χ2v) is 4.51. The van der Waals surface area contributed by atoms with Gasteiger partial charge in [-0.1, -0.05) is 39.3 Å². The van der Waals surface area contributed by atoms with Gasteiger partial charge >= 0.3 is 11.9 Å². The van der Waals surface area contributed by atoms with E-state index in [1.807, 2.05) is 13.8 Å². The smallest absolute Gasteiger partial charge is 0.321 e. The molecule has 0 aliphatic rings. The van der Waals surface area contributed by atoms with Crippen LogP contribution in [0.3, 0.4) is 0 Å². The summed E-state index contributed by atoms with van der Waals surface area (Å²) in [6.07, 6.45) is 3.46. The van der Waals surface area contributed by atoms with Crippen LogP contribution in [-0.2, 0) is 9.59 Å². The zero-order chi connectivity index (χ0) is 13.6. The van der Waals surface area contributed by atoms with E-state index >= 15 is 0 Å². The lowest BCUT2D eigenvalue weighted by Gasteiger charge is -2.27. The average molecular weight is 242 g/mol. The number of aliphatic carboxylic acids is 2. The van der Waals surface area contributed by atoms with Crippen molar-refractivity contribution in [2.45, 2.75) is 47.0 Å². The molecule has 0 radical (unpaired) electrons. The fraction of sp³-hybridized carbons (Fsp3) is 0.692. The van der Waals surface area contributed by atoms with Gasteiger partial charge in [0.05, 0.1) is 0 Å². The van der Waals surface area contributed by atoms with E-state index in [1.54, 1.807) is 19.9 Å². The van der Waals surface area contributed by atoms with E-state index in [2.05, 4.69) is 0 Å². The summed E-state index contributed by atoms with van der Waals surface area (Å²) < 4.78 is 0. The molecule has 0 heterocycles. The Balaban J connectivity index is 5.27. The van der Waals surface area contributed by atoms with Crippen molar-refractivity contribution in [2.24, 2.45) is 11.3 Å². The van der Waals surface area contributed by atoms with Crippen molar-refractivity contribution in [3.05, 3.63) is 11.6 Å². The van der Waals surface area contributed by atoms with Crippen LogP contribution in [0.4, 0.5) is 0 Å². The Labute approximate surface area is 102 Å². The molecule has 0 aromatic rings. The first kappa shape index (κ1) is 15.7. The number of carboxylic acids is 2. The molecule has 0 spiro atoms. The average Bonchev–Trinajstić information content (AvgIpc) is 2.23. The standard InChI is InChI=1S/C13H22O4/c1-5-10(6-2)7-8-13(9(3)4,11(14)15)12(16)17/h7,9H,5-6,8H2,1-4H3,(H,14,15)(H,16,17). The normalized spacial score (nSPS) is 11.4. The number of allylic oxidation sites excluding steroid dienone is 2. The molecular weight excluding hydrogens is 220 g/mol. The molecule has 0 saturated carbocycles. The van der Waals surface area contributed by atoms with Gasteiger partial charge in [-0.25, -0.2) is 0 Å². The molecule has 0 fully saturated rings. The summed E-state index contributed by atoms with van der Waals surface area (Å²) in [5.74, 6) is -2.98. The van der Waals surface area contributed by atoms with Crippen LogP contribution in [0.1, 0.15) is 47.0 Å². The molecule has 17 heavy (non-hydrogen) atoms. The highest BCUT2D eigenvalue weighted by Crippen LogP contribution is 2.34. The van der Waals surface area contributed by atoms with E-state index < -0.39 is 23.3 Å². The van der Waals surface area contributed by atoms with E-state index in [0.29, 0.717) is 0 Å². The molecule has 0 aromatic carbocycles. The molecule has 98 valence electrons. The molecule has 4 nitrogen and oxygen atoms in total. The first-order valence-corrected chi connectivity index (χ1v) is 5.97. The van der Waals surface area contributed by atoms with Crippen LogP contribution in [0.25, 0.3) is 0 Å². The van der Waals surface area contributed by atoms with E-state index in [4.69, 9.17) is 0 Å². The van der Waals surface area contributed by atoms with Gasteiger partial charge in [0.15, 0.2) is 5.41 Å². The van der Waals surface area contributed by atoms with Gasteiger partial charge in [0.25, 0.3) is 0 Å². The number of hydrogen-bond acceptors (Lipinski definition) is 2. The molecule has 0 rings (SSSR count). The SMILES string of the molecule is CCC(=CCC(C(=O)O)(C(=O)O)C(C)C)CC. The van der Waals surface area contributed by atoms with Gasteiger partial charge < -0.3 is 10.2 Å². The van der Waals surface area contributed by atoms with Gasteiger partial charge in [0.1, 0.15) is 0 Å². The van der Waals surface area contributed by atoms with Crippen LogP contribution in [0.5, 0.6) is 0 Å².